The van der Waals surface area contributed by atoms with Crippen molar-refractivity contribution in [3.63, 3.8) is 0 Å². The minimum absolute atomic E-state index is 0.0887. The molecule has 5 nitrogen and oxygen atoms in total. The second-order valence-electron chi connectivity index (χ2n) is 4.66. The van der Waals surface area contributed by atoms with E-state index in [2.05, 4.69) is 5.43 Å². The van der Waals surface area contributed by atoms with E-state index in [0.717, 1.165) is 16.9 Å². The third-order valence-electron chi connectivity index (χ3n) is 2.94. The number of amides is 1. The SMILES string of the molecule is COc1cc(C(C)C(=O)NN(C)C)c(OC)cc1C. The van der Waals surface area contributed by atoms with Crippen LogP contribution in [0.5, 0.6) is 11.5 Å². The lowest BCUT2D eigenvalue weighted by atomic mass is 9.97. The number of ether oxygens (including phenoxy) is 2. The van der Waals surface area contributed by atoms with Gasteiger partial charge in [0.2, 0.25) is 5.91 Å². The first-order valence-electron chi connectivity index (χ1n) is 6.11. The molecule has 1 amide bonds. The molecule has 0 saturated carbocycles. The number of hydrazine groups is 1. The first-order valence-corrected chi connectivity index (χ1v) is 6.11. The first-order chi connectivity index (χ1) is 8.90. The lowest BCUT2D eigenvalue weighted by Gasteiger charge is -2.20. The fourth-order valence-corrected chi connectivity index (χ4v) is 1.87. The van der Waals surface area contributed by atoms with E-state index in [1.807, 2.05) is 26.0 Å². The molecule has 1 N–H and O–H groups in total. The predicted octanol–water partition coefficient (Wildman–Crippen LogP) is 1.71. The van der Waals surface area contributed by atoms with Gasteiger partial charge in [-0.1, -0.05) is 0 Å². The van der Waals surface area contributed by atoms with Crippen LogP contribution < -0.4 is 14.9 Å². The molecule has 0 saturated heterocycles. The molecule has 1 rings (SSSR count). The monoisotopic (exact) mass is 266 g/mol. The molecule has 5 heteroatoms. The van der Waals surface area contributed by atoms with Crippen LogP contribution in [0.3, 0.4) is 0 Å². The number of nitrogens with one attached hydrogen (secondary N) is 1. The van der Waals surface area contributed by atoms with Gasteiger partial charge in [0, 0.05) is 19.7 Å². The zero-order valence-electron chi connectivity index (χ0n) is 12.4. The van der Waals surface area contributed by atoms with Gasteiger partial charge in [-0.15, -0.1) is 0 Å². The van der Waals surface area contributed by atoms with Gasteiger partial charge in [-0.25, -0.2) is 5.01 Å². The van der Waals surface area contributed by atoms with Crippen LogP contribution in [-0.4, -0.2) is 39.2 Å². The highest BCUT2D eigenvalue weighted by Gasteiger charge is 2.21. The molecule has 1 aromatic rings. The van der Waals surface area contributed by atoms with E-state index in [1.165, 1.54) is 0 Å². The van der Waals surface area contributed by atoms with Crippen LogP contribution >= 0.6 is 0 Å². The molecule has 0 aliphatic heterocycles. The lowest BCUT2D eigenvalue weighted by Crippen LogP contribution is -2.38. The van der Waals surface area contributed by atoms with Gasteiger partial charge in [-0.05, 0) is 31.5 Å². The number of benzene rings is 1. The van der Waals surface area contributed by atoms with Crippen molar-refractivity contribution in [1.29, 1.82) is 0 Å². The molecule has 19 heavy (non-hydrogen) atoms. The second kappa shape index (κ2) is 6.43. The number of rotatable bonds is 5. The summed E-state index contributed by atoms with van der Waals surface area (Å²) in [5.74, 6) is 1.03. The third-order valence-corrected chi connectivity index (χ3v) is 2.94. The minimum Gasteiger partial charge on any atom is -0.496 e. The van der Waals surface area contributed by atoms with Gasteiger partial charge in [-0.3, -0.25) is 10.2 Å². The Morgan fingerprint density at radius 3 is 2.26 bits per heavy atom. The molecular formula is C14H22N2O3. The Morgan fingerprint density at radius 1 is 1.21 bits per heavy atom. The number of carbonyl (C=O) groups is 1. The van der Waals surface area contributed by atoms with Gasteiger partial charge in [0.25, 0.3) is 0 Å². The summed E-state index contributed by atoms with van der Waals surface area (Å²) in [6, 6.07) is 3.74. The molecule has 0 radical (unpaired) electrons. The van der Waals surface area contributed by atoms with E-state index in [0.29, 0.717) is 5.75 Å². The number of carbonyl (C=O) groups excluding carboxylic acids is 1. The van der Waals surface area contributed by atoms with Crippen molar-refractivity contribution in [3.8, 4) is 11.5 Å². The van der Waals surface area contributed by atoms with Crippen molar-refractivity contribution in [3.05, 3.63) is 23.3 Å². The molecule has 0 spiro atoms. The summed E-state index contributed by atoms with van der Waals surface area (Å²) in [6.07, 6.45) is 0. The molecular weight excluding hydrogens is 244 g/mol. The third kappa shape index (κ3) is 3.61. The summed E-state index contributed by atoms with van der Waals surface area (Å²) in [4.78, 5) is 12.1. The molecule has 0 aromatic heterocycles. The van der Waals surface area contributed by atoms with Crippen molar-refractivity contribution in [2.24, 2.45) is 0 Å². The normalized spacial score (nSPS) is 12.2. The fourth-order valence-electron chi connectivity index (χ4n) is 1.87. The number of nitrogens with zero attached hydrogens (tertiary/aromatic N) is 1. The Balaban J connectivity index is 3.13. The van der Waals surface area contributed by atoms with Gasteiger partial charge >= 0.3 is 0 Å². The summed E-state index contributed by atoms with van der Waals surface area (Å²) in [7, 11) is 6.76. The Labute approximate surface area is 114 Å². The molecule has 0 bridgehead atoms. The zero-order valence-corrected chi connectivity index (χ0v) is 12.4. The Hall–Kier alpha value is -1.75. The van der Waals surface area contributed by atoms with Crippen molar-refractivity contribution >= 4 is 5.91 Å². The predicted molar refractivity (Wildman–Crippen MR) is 74.5 cm³/mol. The van der Waals surface area contributed by atoms with Crippen LogP contribution in [0.1, 0.15) is 24.0 Å². The summed E-state index contributed by atoms with van der Waals surface area (Å²) in [6.45, 7) is 3.78. The molecule has 1 unspecified atom stereocenters. The van der Waals surface area contributed by atoms with Crippen LogP contribution in [0, 0.1) is 6.92 Å². The van der Waals surface area contributed by atoms with Crippen LogP contribution in [0.15, 0.2) is 12.1 Å². The van der Waals surface area contributed by atoms with Gasteiger partial charge in [0.1, 0.15) is 11.5 Å². The van der Waals surface area contributed by atoms with Gasteiger partial charge in [0.15, 0.2) is 0 Å². The maximum absolute atomic E-state index is 12.1. The van der Waals surface area contributed by atoms with E-state index in [-0.39, 0.29) is 11.8 Å². The van der Waals surface area contributed by atoms with Gasteiger partial charge in [0.05, 0.1) is 20.1 Å². The fraction of sp³-hybridized carbons (Fsp3) is 0.500. The number of hydrogen-bond donors (Lipinski definition) is 1. The van der Waals surface area contributed by atoms with E-state index in [4.69, 9.17) is 9.47 Å². The van der Waals surface area contributed by atoms with Crippen LogP contribution in [0.2, 0.25) is 0 Å². The number of methoxy groups -OCH3 is 2. The lowest BCUT2D eigenvalue weighted by molar-refractivity contribution is -0.126. The highest BCUT2D eigenvalue weighted by atomic mass is 16.5. The first kappa shape index (κ1) is 15.3. The quantitative estimate of drug-likeness (QED) is 0.824. The van der Waals surface area contributed by atoms with Gasteiger partial charge < -0.3 is 9.47 Å². The molecule has 1 aromatic carbocycles. The van der Waals surface area contributed by atoms with E-state index >= 15 is 0 Å². The molecule has 0 aliphatic carbocycles. The average molecular weight is 266 g/mol. The van der Waals surface area contributed by atoms with Crippen molar-refractivity contribution in [2.45, 2.75) is 19.8 Å². The largest absolute Gasteiger partial charge is 0.496 e. The number of hydrogen-bond acceptors (Lipinski definition) is 4. The molecule has 1 atom stereocenters. The Bertz CT molecular complexity index is 458. The second-order valence-corrected chi connectivity index (χ2v) is 4.66. The van der Waals surface area contributed by atoms with Crippen LogP contribution in [0.25, 0.3) is 0 Å². The van der Waals surface area contributed by atoms with E-state index < -0.39 is 0 Å². The van der Waals surface area contributed by atoms with Crippen LogP contribution in [0.4, 0.5) is 0 Å². The Morgan fingerprint density at radius 2 is 1.79 bits per heavy atom. The topological polar surface area (TPSA) is 50.8 Å². The summed E-state index contributed by atoms with van der Waals surface area (Å²) < 4.78 is 10.7. The standard InChI is InChI=1S/C14H22N2O3/c1-9-7-13(19-6)11(8-12(9)18-5)10(2)14(17)15-16(3)4/h7-8,10H,1-6H3,(H,15,17). The Kier molecular flexibility index (Phi) is 5.18. The molecule has 0 fully saturated rings. The average Bonchev–Trinajstić information content (AvgIpc) is 2.36. The summed E-state index contributed by atoms with van der Waals surface area (Å²) in [5.41, 5.74) is 4.53. The maximum atomic E-state index is 12.1. The van der Waals surface area contributed by atoms with Crippen molar-refractivity contribution in [1.82, 2.24) is 10.4 Å². The highest BCUT2D eigenvalue weighted by Crippen LogP contribution is 2.33. The van der Waals surface area contributed by atoms with Crippen molar-refractivity contribution in [2.75, 3.05) is 28.3 Å². The van der Waals surface area contributed by atoms with E-state index in [1.54, 1.807) is 33.3 Å². The highest BCUT2D eigenvalue weighted by molar-refractivity contribution is 5.83. The molecule has 0 heterocycles. The smallest absolute Gasteiger partial charge is 0.241 e. The van der Waals surface area contributed by atoms with Crippen LogP contribution in [-0.2, 0) is 4.79 Å². The molecule has 106 valence electrons. The minimum atomic E-state index is -0.327. The van der Waals surface area contributed by atoms with E-state index in [9.17, 15) is 4.79 Å². The number of aryl methyl sites for hydroxylation is 1. The van der Waals surface area contributed by atoms with Gasteiger partial charge in [-0.2, -0.15) is 0 Å². The van der Waals surface area contributed by atoms with Crippen molar-refractivity contribution < 1.29 is 14.3 Å². The summed E-state index contributed by atoms with van der Waals surface area (Å²) >= 11 is 0. The zero-order chi connectivity index (χ0) is 14.6. The summed E-state index contributed by atoms with van der Waals surface area (Å²) in [5, 5.41) is 1.62. The maximum Gasteiger partial charge on any atom is 0.241 e. The molecule has 0 aliphatic rings.